The Bertz CT molecular complexity index is 4970. The number of aromatic nitrogens is 2. The molecule has 0 atom stereocenters. The molecule has 432 valence electrons. The Morgan fingerprint density at radius 2 is 0.527 bits per heavy atom. The van der Waals surface area contributed by atoms with Gasteiger partial charge in [-0.05, 0) is 178 Å². The molecule has 16 rings (SSSR count). The molecule has 0 fully saturated rings. The van der Waals surface area contributed by atoms with Crippen molar-refractivity contribution in [1.82, 2.24) is 9.13 Å². The highest BCUT2D eigenvalue weighted by Crippen LogP contribution is 2.43. The van der Waals surface area contributed by atoms with Gasteiger partial charge in [0.15, 0.2) is 8.07 Å². The summed E-state index contributed by atoms with van der Waals surface area (Å²) < 4.78 is 4.77. The second-order valence-electron chi connectivity index (χ2n) is 23.9. The summed E-state index contributed by atoms with van der Waals surface area (Å²) in [4.78, 5) is 4.83. The van der Waals surface area contributed by atoms with Gasteiger partial charge in [-0.3, -0.25) is 0 Å². The van der Waals surface area contributed by atoms with Crippen LogP contribution < -0.4 is 30.5 Å². The highest BCUT2D eigenvalue weighted by Gasteiger charge is 2.42. The molecular formula is C86H64N4Si. The van der Waals surface area contributed by atoms with E-state index in [-0.39, 0.29) is 0 Å². The molecule has 2 heterocycles. The minimum Gasteiger partial charge on any atom is -0.310 e. The Labute approximate surface area is 532 Å². The van der Waals surface area contributed by atoms with Crippen molar-refractivity contribution in [2.24, 2.45) is 0 Å². The van der Waals surface area contributed by atoms with Crippen molar-refractivity contribution in [3.63, 3.8) is 0 Å². The summed E-state index contributed by atoms with van der Waals surface area (Å²) in [5.41, 5.74) is 20.6. The number of nitrogens with zero attached hydrogens (tertiary/aromatic N) is 4. The fourth-order valence-corrected chi connectivity index (χ4v) is 18.9. The number of anilines is 6. The van der Waals surface area contributed by atoms with Gasteiger partial charge in [0.25, 0.3) is 0 Å². The maximum absolute atomic E-state index is 3.09. The number of rotatable bonds is 14. The van der Waals surface area contributed by atoms with Crippen LogP contribution in [0.25, 0.3) is 77.2 Å². The van der Waals surface area contributed by atoms with Gasteiger partial charge in [0.05, 0.1) is 22.1 Å². The second-order valence-corrected chi connectivity index (χ2v) is 27.7. The van der Waals surface area contributed by atoms with Gasteiger partial charge >= 0.3 is 0 Å². The lowest BCUT2D eigenvalue weighted by Gasteiger charge is -2.35. The maximum atomic E-state index is 2.49. The zero-order chi connectivity index (χ0) is 60.8. The molecule has 0 amide bonds. The van der Waals surface area contributed by atoms with Crippen molar-refractivity contribution in [1.29, 1.82) is 0 Å². The molecule has 4 nitrogen and oxygen atoms in total. The SMILES string of the molecule is Cc1ccc(N(c2cccc(-c3cccc([Si](c4ccccc4)(c4ccccc4)c4cccc(-c5cccc(N(c6ccc(C)cc6)c6ccc7c(c6)c6ccccc6n7-c6ccccc6)c5)c4)c3)c2)c2ccc3c(c2)c2ccccc2n3-c2ccccc2)cc1. The van der Waals surface area contributed by atoms with E-state index < -0.39 is 8.07 Å². The molecular weight excluding hydrogens is 1120 g/mol. The summed E-state index contributed by atoms with van der Waals surface area (Å²) in [5, 5.41) is 10.1. The fraction of sp³-hybridized carbons (Fsp3) is 0.0233. The van der Waals surface area contributed by atoms with Gasteiger partial charge in [0, 0.05) is 67.0 Å². The largest absolute Gasteiger partial charge is 0.310 e. The number of hydrogen-bond acceptors (Lipinski definition) is 2. The van der Waals surface area contributed by atoms with E-state index in [9.17, 15) is 0 Å². The number of hydrogen-bond donors (Lipinski definition) is 0. The first-order chi connectivity index (χ1) is 44.9. The maximum Gasteiger partial charge on any atom is 0.179 e. The highest BCUT2D eigenvalue weighted by molar-refractivity contribution is 7.20. The van der Waals surface area contributed by atoms with Crippen molar-refractivity contribution < 1.29 is 0 Å². The molecule has 0 bridgehead atoms. The first kappa shape index (κ1) is 54.9. The van der Waals surface area contributed by atoms with Crippen LogP contribution in [-0.2, 0) is 0 Å². The third-order valence-electron chi connectivity index (χ3n) is 18.3. The van der Waals surface area contributed by atoms with E-state index in [0.717, 1.165) is 67.8 Å². The normalized spacial score (nSPS) is 11.6. The van der Waals surface area contributed by atoms with E-state index in [2.05, 4.69) is 385 Å². The van der Waals surface area contributed by atoms with Crippen LogP contribution in [0.1, 0.15) is 11.1 Å². The first-order valence-electron chi connectivity index (χ1n) is 31.4. The Hall–Kier alpha value is -11.5. The molecule has 0 saturated heterocycles. The summed E-state index contributed by atoms with van der Waals surface area (Å²) in [5.74, 6) is 0. The topological polar surface area (TPSA) is 16.3 Å². The summed E-state index contributed by atoms with van der Waals surface area (Å²) >= 11 is 0. The van der Waals surface area contributed by atoms with Crippen molar-refractivity contribution in [2.45, 2.75) is 13.8 Å². The van der Waals surface area contributed by atoms with Gasteiger partial charge in [-0.15, -0.1) is 0 Å². The first-order valence-corrected chi connectivity index (χ1v) is 33.4. The van der Waals surface area contributed by atoms with E-state index in [1.807, 2.05) is 0 Å². The Morgan fingerprint density at radius 3 is 0.934 bits per heavy atom. The second kappa shape index (κ2) is 23.2. The molecule has 0 spiro atoms. The highest BCUT2D eigenvalue weighted by atomic mass is 28.3. The van der Waals surface area contributed by atoms with E-state index in [0.29, 0.717) is 0 Å². The van der Waals surface area contributed by atoms with Crippen molar-refractivity contribution >= 4 is 107 Å². The molecule has 16 aromatic rings. The van der Waals surface area contributed by atoms with E-state index in [1.165, 1.54) is 75.5 Å². The average Bonchev–Trinajstić information content (AvgIpc) is 1.79. The van der Waals surface area contributed by atoms with E-state index in [4.69, 9.17) is 0 Å². The molecule has 0 aliphatic carbocycles. The quantitative estimate of drug-likeness (QED) is 0.0797. The van der Waals surface area contributed by atoms with Crippen LogP contribution >= 0.6 is 0 Å². The van der Waals surface area contributed by atoms with E-state index >= 15 is 0 Å². The predicted octanol–water partition coefficient (Wildman–Crippen LogP) is 20.1. The zero-order valence-corrected chi connectivity index (χ0v) is 51.8. The molecule has 0 N–H and O–H groups in total. The van der Waals surface area contributed by atoms with Crippen LogP contribution in [0.3, 0.4) is 0 Å². The monoisotopic (exact) mass is 1180 g/mol. The van der Waals surface area contributed by atoms with Crippen LogP contribution in [-0.4, -0.2) is 17.2 Å². The molecule has 0 unspecified atom stereocenters. The summed E-state index contributed by atoms with van der Waals surface area (Å²) in [6.07, 6.45) is 0. The molecule has 91 heavy (non-hydrogen) atoms. The summed E-state index contributed by atoms with van der Waals surface area (Å²) in [6, 6.07) is 130. The van der Waals surface area contributed by atoms with E-state index in [1.54, 1.807) is 0 Å². The third kappa shape index (κ3) is 9.80. The molecule has 0 aliphatic heterocycles. The lowest BCUT2D eigenvalue weighted by atomic mass is 10.0. The molecule has 5 heteroatoms. The van der Waals surface area contributed by atoms with Gasteiger partial charge in [0.2, 0.25) is 0 Å². The van der Waals surface area contributed by atoms with Gasteiger partial charge in [-0.25, -0.2) is 0 Å². The van der Waals surface area contributed by atoms with Crippen LogP contribution in [0.5, 0.6) is 0 Å². The van der Waals surface area contributed by atoms with Gasteiger partial charge < -0.3 is 18.9 Å². The van der Waals surface area contributed by atoms with Gasteiger partial charge in [-0.2, -0.15) is 0 Å². The van der Waals surface area contributed by atoms with Crippen molar-refractivity contribution in [3.05, 3.63) is 363 Å². The van der Waals surface area contributed by atoms with Crippen LogP contribution in [0.2, 0.25) is 0 Å². The minimum atomic E-state index is -3.09. The lowest BCUT2D eigenvalue weighted by molar-refractivity contribution is 1.18. The van der Waals surface area contributed by atoms with Crippen LogP contribution in [0, 0.1) is 13.8 Å². The average molecular weight is 1180 g/mol. The summed E-state index contributed by atoms with van der Waals surface area (Å²) in [6.45, 7) is 4.31. The molecule has 0 aliphatic rings. The molecule has 0 radical (unpaired) electrons. The Balaban J connectivity index is 0.819. The number of para-hydroxylation sites is 4. The van der Waals surface area contributed by atoms with Crippen molar-refractivity contribution in [2.75, 3.05) is 9.80 Å². The Kier molecular flexibility index (Phi) is 14.0. The minimum absolute atomic E-state index is 1.08. The van der Waals surface area contributed by atoms with Crippen molar-refractivity contribution in [3.8, 4) is 33.6 Å². The lowest BCUT2D eigenvalue weighted by Crippen LogP contribution is -2.74. The van der Waals surface area contributed by atoms with Crippen LogP contribution in [0.15, 0.2) is 352 Å². The number of aryl methyl sites for hydroxylation is 2. The molecule has 2 aromatic heterocycles. The van der Waals surface area contributed by atoms with Crippen LogP contribution in [0.4, 0.5) is 34.1 Å². The number of fused-ring (bicyclic) bond motifs is 6. The third-order valence-corrected chi connectivity index (χ3v) is 23.1. The number of benzene rings is 14. The standard InChI is InChI=1S/C86H64N4Si/c1-61-43-47-69(48-44-61)87(73-51-53-85-81(59-73)79-39-15-17-41-83(79)89(85)67-27-7-3-8-28-67)71-31-19-23-63(55-71)65-25-21-37-77(57-65)91(75-33-11-5-12-34-75,76-35-13-6-14-36-76)78-38-22-26-66(58-78)64-24-20-32-72(56-64)88(70-49-45-62(2)46-50-70)74-52-54-86-82(60-74)80-40-16-18-42-84(80)90(86)68-29-9-4-10-30-68/h3-60H,1-2H3. The summed E-state index contributed by atoms with van der Waals surface area (Å²) in [7, 11) is -3.09. The Morgan fingerprint density at radius 1 is 0.220 bits per heavy atom. The fourth-order valence-electron chi connectivity index (χ4n) is 14.1. The molecule has 14 aromatic carbocycles. The molecule has 0 saturated carbocycles. The predicted molar refractivity (Wildman–Crippen MR) is 388 cm³/mol. The zero-order valence-electron chi connectivity index (χ0n) is 50.8. The van der Waals surface area contributed by atoms with Gasteiger partial charge in [0.1, 0.15) is 0 Å². The smallest absolute Gasteiger partial charge is 0.179 e. The van der Waals surface area contributed by atoms with Gasteiger partial charge in [-0.1, -0.05) is 242 Å².